The summed E-state index contributed by atoms with van der Waals surface area (Å²) in [4.78, 5) is 11.1. The number of hydrogen-bond donors (Lipinski definition) is 1. The summed E-state index contributed by atoms with van der Waals surface area (Å²) in [6.07, 6.45) is -1.30. The van der Waals surface area contributed by atoms with Gasteiger partial charge < -0.3 is 20.0 Å². The van der Waals surface area contributed by atoms with Crippen LogP contribution in [0.5, 0.6) is 5.75 Å². The molecule has 4 heteroatoms. The molecule has 1 unspecified atom stereocenters. The Kier molecular flexibility index (Phi) is 4.02. The van der Waals surface area contributed by atoms with Gasteiger partial charge in [0.1, 0.15) is 17.4 Å². The average molecular weight is 338 g/mol. The summed E-state index contributed by atoms with van der Waals surface area (Å²) in [5.41, 5.74) is 6.36. The van der Waals surface area contributed by atoms with E-state index in [2.05, 4.69) is 50.4 Å². The summed E-state index contributed by atoms with van der Waals surface area (Å²) in [5.74, 6) is 0.902. The van der Waals surface area contributed by atoms with Crippen molar-refractivity contribution in [2.75, 3.05) is 5.32 Å². The SMILES string of the molecule is Cc1ccc(C2c3c(C)c(NC(=O)[O-])c(C)c(C)c3OC2(C)C)cc1. The standard InChI is InChI=1S/C21H25NO3/c1-11-7-9-15(10-8-11)17-16-14(4)18(22-20(23)24)12(2)13(3)19(16)25-21(17,5)6/h7-10,17,22H,1-6H3,(H,23,24)/p-1. The largest absolute Gasteiger partial charge is 0.530 e. The number of aryl methyl sites for hydroxylation is 1. The summed E-state index contributed by atoms with van der Waals surface area (Å²) in [6.45, 7) is 12.1. The first-order chi connectivity index (χ1) is 11.6. The molecule has 2 aromatic carbocycles. The van der Waals surface area contributed by atoms with Gasteiger partial charge in [-0.05, 0) is 63.8 Å². The fourth-order valence-corrected chi connectivity index (χ4v) is 3.91. The number of amides is 1. The number of carbonyl (C=O) groups is 1. The Balaban J connectivity index is 2.27. The molecule has 4 nitrogen and oxygen atoms in total. The number of carboxylic acid groups (broad SMARTS) is 1. The zero-order chi connectivity index (χ0) is 18.5. The Morgan fingerprint density at radius 1 is 1.04 bits per heavy atom. The van der Waals surface area contributed by atoms with Gasteiger partial charge in [0.05, 0.1) is 5.92 Å². The van der Waals surface area contributed by atoms with E-state index in [4.69, 9.17) is 4.74 Å². The lowest BCUT2D eigenvalue weighted by molar-refractivity contribution is -0.242. The van der Waals surface area contributed by atoms with Crippen molar-refractivity contribution in [2.45, 2.75) is 53.1 Å². The Morgan fingerprint density at radius 3 is 2.20 bits per heavy atom. The molecule has 0 aliphatic carbocycles. The Hall–Kier alpha value is -2.49. The summed E-state index contributed by atoms with van der Waals surface area (Å²) in [7, 11) is 0. The number of nitrogens with one attached hydrogen (secondary N) is 1. The number of fused-ring (bicyclic) bond motifs is 1. The lowest BCUT2D eigenvalue weighted by Crippen LogP contribution is -2.31. The van der Waals surface area contributed by atoms with Crippen molar-refractivity contribution in [3.05, 3.63) is 57.6 Å². The normalized spacial score (nSPS) is 17.8. The molecule has 1 aliphatic rings. The second kappa shape index (κ2) is 5.80. The molecule has 1 amide bonds. The van der Waals surface area contributed by atoms with Crippen LogP contribution in [0.4, 0.5) is 10.5 Å². The number of rotatable bonds is 2. The first kappa shape index (κ1) is 17.3. The van der Waals surface area contributed by atoms with Gasteiger partial charge in [0, 0.05) is 11.3 Å². The Morgan fingerprint density at radius 2 is 1.64 bits per heavy atom. The van der Waals surface area contributed by atoms with Gasteiger partial charge in [-0.3, -0.25) is 0 Å². The average Bonchev–Trinajstić information content (AvgIpc) is 2.82. The molecule has 1 N–H and O–H groups in total. The second-order valence-corrected chi connectivity index (χ2v) is 7.45. The maximum atomic E-state index is 11.1. The van der Waals surface area contributed by atoms with E-state index in [1.807, 2.05) is 20.8 Å². The highest BCUT2D eigenvalue weighted by Gasteiger charge is 2.44. The van der Waals surface area contributed by atoms with E-state index in [9.17, 15) is 9.90 Å². The molecule has 1 aliphatic heterocycles. The predicted octanol–water partition coefficient (Wildman–Crippen LogP) is 3.98. The van der Waals surface area contributed by atoms with Crippen molar-refractivity contribution in [3.8, 4) is 5.75 Å². The van der Waals surface area contributed by atoms with Crippen LogP contribution in [0.2, 0.25) is 0 Å². The fraction of sp³-hybridized carbons (Fsp3) is 0.381. The molecule has 25 heavy (non-hydrogen) atoms. The van der Waals surface area contributed by atoms with Crippen LogP contribution in [0, 0.1) is 27.7 Å². The molecular weight excluding hydrogens is 314 g/mol. The zero-order valence-electron chi connectivity index (χ0n) is 15.6. The van der Waals surface area contributed by atoms with Crippen molar-refractivity contribution in [2.24, 2.45) is 0 Å². The number of benzene rings is 2. The molecular formula is C21H24NO3-. The minimum Gasteiger partial charge on any atom is -0.530 e. The summed E-state index contributed by atoms with van der Waals surface area (Å²) in [6, 6.07) is 8.45. The van der Waals surface area contributed by atoms with E-state index >= 15 is 0 Å². The molecule has 0 spiro atoms. The van der Waals surface area contributed by atoms with E-state index in [-0.39, 0.29) is 5.92 Å². The molecule has 0 radical (unpaired) electrons. The maximum Gasteiger partial charge on any atom is 0.138 e. The van der Waals surface area contributed by atoms with Gasteiger partial charge >= 0.3 is 0 Å². The van der Waals surface area contributed by atoms with Gasteiger partial charge in [0.25, 0.3) is 0 Å². The Labute approximate surface area is 148 Å². The molecule has 0 aromatic heterocycles. The Bertz CT molecular complexity index is 851. The number of ether oxygens (including phenoxy) is 1. The van der Waals surface area contributed by atoms with Crippen LogP contribution < -0.4 is 15.2 Å². The van der Waals surface area contributed by atoms with Gasteiger partial charge in [-0.15, -0.1) is 0 Å². The smallest absolute Gasteiger partial charge is 0.138 e. The molecule has 0 fully saturated rings. The van der Waals surface area contributed by atoms with E-state index in [1.165, 1.54) is 11.1 Å². The van der Waals surface area contributed by atoms with Gasteiger partial charge in [0.15, 0.2) is 0 Å². The summed E-state index contributed by atoms with van der Waals surface area (Å²) >= 11 is 0. The summed E-state index contributed by atoms with van der Waals surface area (Å²) < 4.78 is 6.35. The first-order valence-corrected chi connectivity index (χ1v) is 8.50. The third-order valence-corrected chi connectivity index (χ3v) is 5.29. The molecule has 2 aromatic rings. The van der Waals surface area contributed by atoms with Gasteiger partial charge in [-0.2, -0.15) is 0 Å². The van der Waals surface area contributed by atoms with Crippen LogP contribution in [0.25, 0.3) is 0 Å². The molecule has 0 saturated carbocycles. The zero-order valence-corrected chi connectivity index (χ0v) is 15.6. The highest BCUT2D eigenvalue weighted by molar-refractivity contribution is 5.86. The van der Waals surface area contributed by atoms with Gasteiger partial charge in [-0.25, -0.2) is 0 Å². The van der Waals surface area contributed by atoms with Gasteiger partial charge in [0.2, 0.25) is 0 Å². The molecule has 132 valence electrons. The van der Waals surface area contributed by atoms with Crippen molar-refractivity contribution in [1.82, 2.24) is 0 Å². The molecule has 0 saturated heterocycles. The maximum absolute atomic E-state index is 11.1. The minimum absolute atomic E-state index is 0.0321. The predicted molar refractivity (Wildman–Crippen MR) is 97.4 cm³/mol. The molecule has 1 heterocycles. The van der Waals surface area contributed by atoms with Crippen LogP contribution in [-0.4, -0.2) is 11.7 Å². The number of anilines is 1. The van der Waals surface area contributed by atoms with Crippen LogP contribution >= 0.6 is 0 Å². The third kappa shape index (κ3) is 2.76. The van der Waals surface area contributed by atoms with Crippen molar-refractivity contribution in [3.63, 3.8) is 0 Å². The highest BCUT2D eigenvalue weighted by atomic mass is 16.5. The lowest BCUT2D eigenvalue weighted by atomic mass is 9.78. The first-order valence-electron chi connectivity index (χ1n) is 8.50. The van der Waals surface area contributed by atoms with Crippen molar-refractivity contribution in [1.29, 1.82) is 0 Å². The quantitative estimate of drug-likeness (QED) is 0.901. The fourth-order valence-electron chi connectivity index (χ4n) is 3.91. The third-order valence-electron chi connectivity index (χ3n) is 5.29. The number of carbonyl (C=O) groups excluding carboxylic acids is 1. The van der Waals surface area contributed by atoms with E-state index < -0.39 is 11.7 Å². The number of hydrogen-bond acceptors (Lipinski definition) is 3. The second-order valence-electron chi connectivity index (χ2n) is 7.45. The van der Waals surface area contributed by atoms with Crippen molar-refractivity contribution >= 4 is 11.8 Å². The molecule has 0 bridgehead atoms. The van der Waals surface area contributed by atoms with Crippen LogP contribution in [-0.2, 0) is 0 Å². The monoisotopic (exact) mass is 338 g/mol. The summed E-state index contributed by atoms with van der Waals surface area (Å²) in [5, 5.41) is 13.6. The topological polar surface area (TPSA) is 61.4 Å². The minimum atomic E-state index is -1.30. The van der Waals surface area contributed by atoms with E-state index in [1.54, 1.807) is 0 Å². The van der Waals surface area contributed by atoms with E-state index in [0.29, 0.717) is 5.69 Å². The molecule has 3 rings (SSSR count). The highest BCUT2D eigenvalue weighted by Crippen LogP contribution is 2.53. The van der Waals surface area contributed by atoms with Crippen LogP contribution in [0.15, 0.2) is 24.3 Å². The van der Waals surface area contributed by atoms with Crippen LogP contribution in [0.1, 0.15) is 53.1 Å². The lowest BCUT2D eigenvalue weighted by Gasteiger charge is -2.27. The van der Waals surface area contributed by atoms with Crippen molar-refractivity contribution < 1.29 is 14.6 Å². The van der Waals surface area contributed by atoms with Gasteiger partial charge in [-0.1, -0.05) is 29.8 Å². The van der Waals surface area contributed by atoms with E-state index in [0.717, 1.165) is 28.0 Å². The van der Waals surface area contributed by atoms with Crippen LogP contribution in [0.3, 0.4) is 0 Å². The molecule has 1 atom stereocenters.